The molecule has 3 heterocycles. The first-order valence-corrected chi connectivity index (χ1v) is 12.4. The average Bonchev–Trinajstić information content (AvgIpc) is 3.47. The lowest BCUT2D eigenvalue weighted by molar-refractivity contribution is 0.0911. The molecule has 1 amide bonds. The Hall–Kier alpha value is -3.55. The van der Waals surface area contributed by atoms with Gasteiger partial charge in [0.25, 0.3) is 5.91 Å². The van der Waals surface area contributed by atoms with E-state index in [2.05, 4.69) is 20.4 Å². The van der Waals surface area contributed by atoms with Crippen LogP contribution in [0.1, 0.15) is 84.0 Å². The Morgan fingerprint density at radius 3 is 2.60 bits per heavy atom. The molecule has 1 aliphatic rings. The Morgan fingerprint density at radius 2 is 1.89 bits per heavy atom. The lowest BCUT2D eigenvalue weighted by Crippen LogP contribution is -2.35. The Balaban J connectivity index is 1.48. The molecule has 0 aliphatic heterocycles. The molecule has 1 fully saturated rings. The van der Waals surface area contributed by atoms with Crippen molar-refractivity contribution in [3.8, 4) is 0 Å². The normalized spacial score (nSPS) is 16.1. The fourth-order valence-corrected chi connectivity index (χ4v) is 5.07. The van der Waals surface area contributed by atoms with Crippen molar-refractivity contribution < 1.29 is 13.7 Å². The van der Waals surface area contributed by atoms with E-state index in [-0.39, 0.29) is 23.7 Å². The number of rotatable bonds is 6. The number of aromatic amines is 1. The smallest absolute Gasteiger partial charge is 0.257 e. The second-order valence-electron chi connectivity index (χ2n) is 9.46. The van der Waals surface area contributed by atoms with E-state index in [9.17, 15) is 4.79 Å². The van der Waals surface area contributed by atoms with Gasteiger partial charge in [-0.05, 0) is 55.0 Å². The molecule has 1 unspecified atom stereocenters. The van der Waals surface area contributed by atoms with Crippen LogP contribution in [0.3, 0.4) is 0 Å². The highest BCUT2D eigenvalue weighted by molar-refractivity contribution is 5.95. The van der Waals surface area contributed by atoms with E-state index in [0.29, 0.717) is 40.1 Å². The zero-order valence-corrected chi connectivity index (χ0v) is 19.9. The van der Waals surface area contributed by atoms with Crippen molar-refractivity contribution in [3.63, 3.8) is 0 Å². The van der Waals surface area contributed by atoms with Gasteiger partial charge in [0, 0.05) is 18.8 Å². The number of aryl methyl sites for hydroxylation is 1. The molecule has 2 N–H and O–H groups in total. The van der Waals surface area contributed by atoms with Gasteiger partial charge in [-0.15, -0.1) is 0 Å². The largest absolute Gasteiger partial charge is 0.364 e. The zero-order valence-electron chi connectivity index (χ0n) is 19.9. The molecule has 3 aromatic heterocycles. The maximum Gasteiger partial charge on any atom is 0.257 e. The van der Waals surface area contributed by atoms with Crippen molar-refractivity contribution in [2.24, 2.45) is 5.92 Å². The third-order valence-corrected chi connectivity index (χ3v) is 7.03. The number of amides is 1. The van der Waals surface area contributed by atoms with Gasteiger partial charge in [0.05, 0.1) is 17.3 Å². The Morgan fingerprint density at radius 1 is 1.14 bits per heavy atom. The van der Waals surface area contributed by atoms with E-state index < -0.39 is 0 Å². The minimum Gasteiger partial charge on any atom is -0.364 e. The fourth-order valence-electron chi connectivity index (χ4n) is 5.07. The van der Waals surface area contributed by atoms with E-state index in [1.54, 1.807) is 25.4 Å². The lowest BCUT2D eigenvalue weighted by Gasteiger charge is -2.28. The van der Waals surface area contributed by atoms with Crippen molar-refractivity contribution >= 4 is 16.9 Å². The second kappa shape index (κ2) is 10.4. The summed E-state index contributed by atoms with van der Waals surface area (Å²) < 4.78 is 20.5. The molecule has 4 aromatic rings. The number of fused-ring (bicyclic) bond motifs is 1. The van der Waals surface area contributed by atoms with Gasteiger partial charge in [-0.3, -0.25) is 9.78 Å². The number of carbonyl (C=O) groups is 1. The van der Waals surface area contributed by atoms with Gasteiger partial charge in [0.2, 0.25) is 0 Å². The maximum absolute atomic E-state index is 15.5. The molecular formula is C27H30FN5O2. The monoisotopic (exact) mass is 475 g/mol. The summed E-state index contributed by atoms with van der Waals surface area (Å²) in [6.45, 7) is 1.74. The first-order valence-electron chi connectivity index (χ1n) is 12.4. The van der Waals surface area contributed by atoms with Crippen LogP contribution in [-0.4, -0.2) is 26.0 Å². The molecular weight excluding hydrogens is 445 g/mol. The van der Waals surface area contributed by atoms with E-state index in [0.717, 1.165) is 31.2 Å². The van der Waals surface area contributed by atoms with Crippen LogP contribution in [0.25, 0.3) is 11.0 Å². The van der Waals surface area contributed by atoms with E-state index >= 15 is 4.39 Å². The van der Waals surface area contributed by atoms with E-state index in [4.69, 9.17) is 9.51 Å². The van der Waals surface area contributed by atoms with E-state index in [1.807, 2.05) is 18.2 Å². The van der Waals surface area contributed by atoms with Gasteiger partial charge in [0.15, 0.2) is 5.82 Å². The second-order valence-corrected chi connectivity index (χ2v) is 9.46. The van der Waals surface area contributed by atoms with Crippen molar-refractivity contribution in [2.45, 2.75) is 64.3 Å². The first-order chi connectivity index (χ1) is 17.1. The minimum atomic E-state index is -0.356. The average molecular weight is 476 g/mol. The summed E-state index contributed by atoms with van der Waals surface area (Å²) in [6.07, 6.45) is 13.0. The van der Waals surface area contributed by atoms with Crippen molar-refractivity contribution in [1.29, 1.82) is 0 Å². The molecule has 0 radical (unpaired) electrons. The van der Waals surface area contributed by atoms with Crippen LogP contribution >= 0.6 is 0 Å². The van der Waals surface area contributed by atoms with Gasteiger partial charge >= 0.3 is 0 Å². The van der Waals surface area contributed by atoms with Crippen LogP contribution < -0.4 is 5.32 Å². The van der Waals surface area contributed by atoms with Gasteiger partial charge in [-0.1, -0.05) is 43.3 Å². The minimum absolute atomic E-state index is 0.208. The molecule has 7 nitrogen and oxygen atoms in total. The molecule has 5 rings (SSSR count). The highest BCUT2D eigenvalue weighted by Gasteiger charge is 2.30. The predicted octanol–water partition coefficient (Wildman–Crippen LogP) is 5.82. The summed E-state index contributed by atoms with van der Waals surface area (Å²) in [5, 5.41) is 7.00. The molecule has 1 aliphatic carbocycles. The molecule has 35 heavy (non-hydrogen) atoms. The third kappa shape index (κ3) is 5.11. The molecule has 1 aromatic carbocycles. The van der Waals surface area contributed by atoms with Gasteiger partial charge in [-0.25, -0.2) is 9.37 Å². The number of halogens is 1. The van der Waals surface area contributed by atoms with Crippen LogP contribution in [0.2, 0.25) is 0 Å². The molecule has 0 bridgehead atoms. The number of hydrogen-bond acceptors (Lipinski definition) is 5. The summed E-state index contributed by atoms with van der Waals surface area (Å²) >= 11 is 0. The van der Waals surface area contributed by atoms with Crippen LogP contribution in [0.4, 0.5) is 4.39 Å². The summed E-state index contributed by atoms with van der Waals surface area (Å²) in [5.41, 5.74) is 3.43. The number of nitrogens with zero attached hydrogens (tertiary/aromatic N) is 3. The van der Waals surface area contributed by atoms with Crippen molar-refractivity contribution in [3.05, 3.63) is 76.9 Å². The van der Waals surface area contributed by atoms with Gasteiger partial charge < -0.3 is 14.8 Å². The number of hydrogen-bond donors (Lipinski definition) is 2. The number of nitrogens with one attached hydrogen (secondary N) is 2. The number of H-pyrrole nitrogens is 1. The molecule has 182 valence electrons. The third-order valence-electron chi connectivity index (χ3n) is 7.03. The quantitative estimate of drug-likeness (QED) is 0.366. The SMILES string of the molecule is Cc1nocc1C(=O)NC(c1nc2c(F)c(Cc3ccncc3)ccc2[nH]1)C1CCCCCCC1. The van der Waals surface area contributed by atoms with Crippen LogP contribution in [0.15, 0.2) is 47.4 Å². The zero-order chi connectivity index (χ0) is 24.2. The first kappa shape index (κ1) is 23.2. The summed E-state index contributed by atoms with van der Waals surface area (Å²) in [4.78, 5) is 25.2. The molecule has 1 saturated carbocycles. The lowest BCUT2D eigenvalue weighted by atomic mass is 9.85. The summed E-state index contributed by atoms with van der Waals surface area (Å²) in [5.74, 6) is 0.210. The topological polar surface area (TPSA) is 96.7 Å². The van der Waals surface area contributed by atoms with Gasteiger partial charge in [-0.2, -0.15) is 0 Å². The standard InChI is InChI=1S/C27H30FN5O2/c1-17-21(16-35-33-17)27(34)32-24(19-7-5-3-2-4-6-8-19)26-30-22-10-9-20(23(28)25(22)31-26)15-18-11-13-29-14-12-18/h9-14,16,19,24H,2-8,15H2,1H3,(H,30,31)(H,32,34). The summed E-state index contributed by atoms with van der Waals surface area (Å²) in [6, 6.07) is 7.07. The maximum atomic E-state index is 15.5. The molecule has 0 saturated heterocycles. The highest BCUT2D eigenvalue weighted by Crippen LogP contribution is 2.34. The molecule has 1 atom stereocenters. The predicted molar refractivity (Wildman–Crippen MR) is 130 cm³/mol. The van der Waals surface area contributed by atoms with Gasteiger partial charge in [0.1, 0.15) is 23.2 Å². The number of imidazole rings is 1. The molecule has 8 heteroatoms. The van der Waals surface area contributed by atoms with Crippen LogP contribution in [0, 0.1) is 18.7 Å². The van der Waals surface area contributed by atoms with Crippen LogP contribution in [0.5, 0.6) is 0 Å². The van der Waals surface area contributed by atoms with Crippen molar-refractivity contribution in [1.82, 2.24) is 25.4 Å². The number of benzene rings is 1. The highest BCUT2D eigenvalue weighted by atomic mass is 19.1. The summed E-state index contributed by atoms with van der Waals surface area (Å²) in [7, 11) is 0. The Bertz CT molecular complexity index is 1290. The Kier molecular flexibility index (Phi) is 6.88. The van der Waals surface area contributed by atoms with E-state index in [1.165, 1.54) is 25.5 Å². The van der Waals surface area contributed by atoms with Crippen LogP contribution in [-0.2, 0) is 6.42 Å². The Labute approximate surface area is 203 Å². The molecule has 0 spiro atoms. The number of aromatic nitrogens is 4. The number of carbonyl (C=O) groups excluding carboxylic acids is 1. The van der Waals surface area contributed by atoms with Crippen molar-refractivity contribution in [2.75, 3.05) is 0 Å². The number of pyridine rings is 1. The fraction of sp³-hybridized carbons (Fsp3) is 0.407.